The van der Waals surface area contributed by atoms with E-state index in [0.717, 1.165) is 25.8 Å². The van der Waals surface area contributed by atoms with Crippen LogP contribution >= 0.6 is 0 Å². The number of nitrogens with zero attached hydrogens (tertiary/aromatic N) is 1. The maximum absolute atomic E-state index is 12.2. The average molecular weight is 256 g/mol. The third kappa shape index (κ3) is 3.87. The van der Waals surface area contributed by atoms with Crippen molar-refractivity contribution in [3.63, 3.8) is 0 Å². The summed E-state index contributed by atoms with van der Waals surface area (Å²) in [6, 6.07) is 0.125. The van der Waals surface area contributed by atoms with Gasteiger partial charge < -0.3 is 15.4 Å². The molecule has 0 saturated carbocycles. The minimum absolute atomic E-state index is 0.125. The molecule has 0 bridgehead atoms. The Morgan fingerprint density at radius 1 is 1.50 bits per heavy atom. The van der Waals surface area contributed by atoms with Crippen LogP contribution in [0.25, 0.3) is 0 Å². The fourth-order valence-corrected chi connectivity index (χ4v) is 2.36. The smallest absolute Gasteiger partial charge is 0.410 e. The Bertz CT molecular complexity index is 299. The van der Waals surface area contributed by atoms with Crippen molar-refractivity contribution in [1.29, 1.82) is 0 Å². The Hall–Kier alpha value is -0.770. The van der Waals surface area contributed by atoms with Gasteiger partial charge in [-0.05, 0) is 45.4 Å². The first-order valence-corrected chi connectivity index (χ1v) is 6.90. The van der Waals surface area contributed by atoms with E-state index in [-0.39, 0.29) is 17.6 Å². The van der Waals surface area contributed by atoms with Gasteiger partial charge in [0.25, 0.3) is 0 Å². The summed E-state index contributed by atoms with van der Waals surface area (Å²) in [4.78, 5) is 14.1. The zero-order chi connectivity index (χ0) is 14.0. The van der Waals surface area contributed by atoms with E-state index in [1.165, 1.54) is 0 Å². The van der Waals surface area contributed by atoms with E-state index in [4.69, 9.17) is 10.5 Å². The summed E-state index contributed by atoms with van der Waals surface area (Å²) in [6.45, 7) is 11.4. The van der Waals surface area contributed by atoms with Crippen LogP contribution in [0.15, 0.2) is 0 Å². The molecule has 1 aliphatic rings. The molecule has 0 aromatic heterocycles. The van der Waals surface area contributed by atoms with E-state index in [0.29, 0.717) is 6.54 Å². The quantitative estimate of drug-likeness (QED) is 0.826. The Morgan fingerprint density at radius 2 is 2.11 bits per heavy atom. The number of carbonyl (C=O) groups excluding carboxylic acids is 1. The lowest BCUT2D eigenvalue weighted by molar-refractivity contribution is -0.00952. The van der Waals surface area contributed by atoms with E-state index < -0.39 is 5.60 Å². The lowest BCUT2D eigenvalue weighted by Gasteiger charge is -2.44. The largest absolute Gasteiger partial charge is 0.444 e. The second-order valence-electron chi connectivity index (χ2n) is 6.70. The zero-order valence-corrected chi connectivity index (χ0v) is 12.5. The molecule has 4 nitrogen and oxygen atoms in total. The molecule has 0 unspecified atom stereocenters. The van der Waals surface area contributed by atoms with Crippen molar-refractivity contribution in [1.82, 2.24) is 4.90 Å². The first-order chi connectivity index (χ1) is 8.21. The van der Waals surface area contributed by atoms with Crippen molar-refractivity contribution in [3.05, 3.63) is 0 Å². The molecule has 1 rings (SSSR count). The van der Waals surface area contributed by atoms with Crippen molar-refractivity contribution >= 4 is 6.09 Å². The maximum Gasteiger partial charge on any atom is 0.410 e. The van der Waals surface area contributed by atoms with Gasteiger partial charge in [-0.15, -0.1) is 0 Å². The van der Waals surface area contributed by atoms with Gasteiger partial charge in [0.1, 0.15) is 5.60 Å². The van der Waals surface area contributed by atoms with E-state index in [2.05, 4.69) is 13.8 Å². The van der Waals surface area contributed by atoms with E-state index in [1.807, 2.05) is 25.7 Å². The topological polar surface area (TPSA) is 55.6 Å². The number of hydrogen-bond donors (Lipinski definition) is 1. The summed E-state index contributed by atoms with van der Waals surface area (Å²) in [6.07, 6.45) is 2.95. The second kappa shape index (κ2) is 5.47. The molecule has 18 heavy (non-hydrogen) atoms. The van der Waals surface area contributed by atoms with Crippen LogP contribution in [-0.4, -0.2) is 35.7 Å². The first-order valence-electron chi connectivity index (χ1n) is 6.90. The van der Waals surface area contributed by atoms with Crippen LogP contribution in [0.4, 0.5) is 4.79 Å². The number of carbonyl (C=O) groups is 1. The van der Waals surface area contributed by atoms with E-state index in [9.17, 15) is 4.79 Å². The van der Waals surface area contributed by atoms with Crippen LogP contribution in [0.5, 0.6) is 0 Å². The van der Waals surface area contributed by atoms with Gasteiger partial charge in [-0.25, -0.2) is 4.79 Å². The molecule has 0 aromatic carbocycles. The fraction of sp³-hybridized carbons (Fsp3) is 0.929. The number of piperidine rings is 1. The van der Waals surface area contributed by atoms with Crippen molar-refractivity contribution in [2.45, 2.75) is 65.5 Å². The van der Waals surface area contributed by atoms with Crippen LogP contribution in [0.3, 0.4) is 0 Å². The van der Waals surface area contributed by atoms with Gasteiger partial charge in [-0.1, -0.05) is 13.8 Å². The highest BCUT2D eigenvalue weighted by atomic mass is 16.6. The molecule has 1 amide bonds. The molecule has 0 radical (unpaired) electrons. The summed E-state index contributed by atoms with van der Waals surface area (Å²) >= 11 is 0. The number of nitrogens with two attached hydrogens (primary N) is 1. The number of rotatable bonds is 2. The van der Waals surface area contributed by atoms with Crippen molar-refractivity contribution < 1.29 is 9.53 Å². The van der Waals surface area contributed by atoms with Gasteiger partial charge in [-0.2, -0.15) is 0 Å². The Kier molecular flexibility index (Phi) is 4.65. The van der Waals surface area contributed by atoms with Gasteiger partial charge >= 0.3 is 6.09 Å². The number of ether oxygens (including phenoxy) is 1. The second-order valence-corrected chi connectivity index (χ2v) is 6.70. The minimum atomic E-state index is -0.448. The van der Waals surface area contributed by atoms with Gasteiger partial charge in [0.2, 0.25) is 0 Å². The molecule has 2 atom stereocenters. The van der Waals surface area contributed by atoms with Crippen molar-refractivity contribution in [3.8, 4) is 0 Å². The first kappa shape index (κ1) is 15.3. The van der Waals surface area contributed by atoms with Crippen LogP contribution in [0, 0.1) is 5.41 Å². The highest BCUT2D eigenvalue weighted by Gasteiger charge is 2.38. The number of likely N-dealkylation sites (tertiary alicyclic amines) is 1. The van der Waals surface area contributed by atoms with Crippen LogP contribution < -0.4 is 5.73 Å². The lowest BCUT2D eigenvalue weighted by atomic mass is 9.77. The van der Waals surface area contributed by atoms with Gasteiger partial charge in [0.05, 0.1) is 0 Å². The SMILES string of the molecule is CC[C@@]1(C)CC[C@H](CN)N(C(=O)OC(C)(C)C)C1. The summed E-state index contributed by atoms with van der Waals surface area (Å²) in [5.74, 6) is 0. The highest BCUT2D eigenvalue weighted by molar-refractivity contribution is 5.68. The fourth-order valence-electron chi connectivity index (χ4n) is 2.36. The highest BCUT2D eigenvalue weighted by Crippen LogP contribution is 2.35. The average Bonchev–Trinajstić information content (AvgIpc) is 2.27. The van der Waals surface area contributed by atoms with Gasteiger partial charge in [0.15, 0.2) is 0 Å². The lowest BCUT2D eigenvalue weighted by Crippen LogP contribution is -2.54. The van der Waals surface area contributed by atoms with E-state index >= 15 is 0 Å². The number of hydrogen-bond acceptors (Lipinski definition) is 3. The third-order valence-corrected chi connectivity index (χ3v) is 3.83. The molecule has 1 fully saturated rings. The Labute approximate surface area is 111 Å². The van der Waals surface area contributed by atoms with Crippen LogP contribution in [-0.2, 0) is 4.74 Å². The molecule has 0 spiro atoms. The summed E-state index contributed by atoms with van der Waals surface area (Å²) in [5, 5.41) is 0. The van der Waals surface area contributed by atoms with E-state index in [1.54, 1.807) is 0 Å². The molecular formula is C14H28N2O2. The maximum atomic E-state index is 12.2. The molecule has 0 aromatic rings. The molecule has 2 N–H and O–H groups in total. The molecule has 1 aliphatic heterocycles. The zero-order valence-electron chi connectivity index (χ0n) is 12.5. The van der Waals surface area contributed by atoms with Gasteiger partial charge in [0, 0.05) is 19.1 Å². The normalized spacial score (nSPS) is 29.2. The number of amides is 1. The summed E-state index contributed by atoms with van der Waals surface area (Å²) < 4.78 is 5.48. The standard InChI is InChI=1S/C14H28N2O2/c1-6-14(5)8-7-11(9-15)16(10-14)12(17)18-13(2,3)4/h11H,6-10,15H2,1-5H3/t11-,14+/m1/s1. The molecule has 1 saturated heterocycles. The Morgan fingerprint density at radius 3 is 2.56 bits per heavy atom. The summed E-state index contributed by atoms with van der Waals surface area (Å²) in [7, 11) is 0. The predicted octanol–water partition coefficient (Wildman–Crippen LogP) is 2.76. The molecule has 106 valence electrons. The minimum Gasteiger partial charge on any atom is -0.444 e. The molecule has 4 heteroatoms. The third-order valence-electron chi connectivity index (χ3n) is 3.83. The molecular weight excluding hydrogens is 228 g/mol. The van der Waals surface area contributed by atoms with Gasteiger partial charge in [-0.3, -0.25) is 0 Å². The van der Waals surface area contributed by atoms with Crippen molar-refractivity contribution in [2.75, 3.05) is 13.1 Å². The monoisotopic (exact) mass is 256 g/mol. The van der Waals surface area contributed by atoms with Crippen LogP contribution in [0.1, 0.15) is 53.9 Å². The van der Waals surface area contributed by atoms with Crippen molar-refractivity contribution in [2.24, 2.45) is 11.1 Å². The molecule has 0 aliphatic carbocycles. The Balaban J connectivity index is 2.77. The van der Waals surface area contributed by atoms with Crippen LogP contribution in [0.2, 0.25) is 0 Å². The predicted molar refractivity (Wildman–Crippen MR) is 73.4 cm³/mol. The summed E-state index contributed by atoms with van der Waals surface area (Å²) in [5.41, 5.74) is 5.52. The molecule has 1 heterocycles.